The predicted molar refractivity (Wildman–Crippen MR) is 88.6 cm³/mol. The van der Waals surface area contributed by atoms with Gasteiger partial charge < -0.3 is 5.32 Å². The van der Waals surface area contributed by atoms with Gasteiger partial charge in [0.1, 0.15) is 5.78 Å². The van der Waals surface area contributed by atoms with Crippen molar-refractivity contribution in [2.24, 2.45) is 0 Å². The molecule has 0 aromatic carbocycles. The highest BCUT2D eigenvalue weighted by Crippen LogP contribution is 2.26. The maximum Gasteiger partial charge on any atom is 0.149 e. The van der Waals surface area contributed by atoms with Crippen molar-refractivity contribution < 1.29 is 4.79 Å². The lowest BCUT2D eigenvalue weighted by Gasteiger charge is -2.35. The van der Waals surface area contributed by atoms with Crippen LogP contribution < -0.4 is 5.32 Å². The average molecular weight is 294 g/mol. The van der Waals surface area contributed by atoms with Crippen molar-refractivity contribution in [3.63, 3.8) is 0 Å². The molecule has 0 bridgehead atoms. The first-order valence-corrected chi connectivity index (χ1v) is 9.32. The van der Waals surface area contributed by atoms with Crippen LogP contribution in [0.1, 0.15) is 77.6 Å². The molecule has 1 atom stereocenters. The van der Waals surface area contributed by atoms with Crippen LogP contribution in [-0.2, 0) is 4.79 Å². The van der Waals surface area contributed by atoms with Crippen molar-refractivity contribution in [2.45, 2.75) is 89.6 Å². The van der Waals surface area contributed by atoms with E-state index in [9.17, 15) is 4.79 Å². The number of hydrogen-bond acceptors (Lipinski definition) is 3. The summed E-state index contributed by atoms with van der Waals surface area (Å²) in [5, 5.41) is 3.43. The number of nitrogens with one attached hydrogen (secondary N) is 1. The molecule has 0 amide bonds. The number of ketones is 1. The van der Waals surface area contributed by atoms with E-state index >= 15 is 0 Å². The normalized spacial score (nSPS) is 24.5. The summed E-state index contributed by atoms with van der Waals surface area (Å²) >= 11 is 0. The molecule has 0 aromatic heterocycles. The average Bonchev–Trinajstić information content (AvgIpc) is 3.01. The lowest BCUT2D eigenvalue weighted by Crippen LogP contribution is -2.47. The minimum atomic E-state index is 0.253. The summed E-state index contributed by atoms with van der Waals surface area (Å²) in [6.07, 6.45) is 13.2. The van der Waals surface area contributed by atoms with Crippen molar-refractivity contribution in [1.29, 1.82) is 0 Å². The molecule has 2 aliphatic rings. The van der Waals surface area contributed by atoms with Gasteiger partial charge >= 0.3 is 0 Å². The fourth-order valence-corrected chi connectivity index (χ4v) is 3.96. The Hall–Kier alpha value is -0.410. The van der Waals surface area contributed by atoms with Gasteiger partial charge in [-0.1, -0.05) is 39.0 Å². The van der Waals surface area contributed by atoms with E-state index in [1.807, 2.05) is 0 Å². The van der Waals surface area contributed by atoms with E-state index < -0.39 is 0 Å². The lowest BCUT2D eigenvalue weighted by molar-refractivity contribution is -0.124. The van der Waals surface area contributed by atoms with Crippen LogP contribution in [0.3, 0.4) is 0 Å². The minimum absolute atomic E-state index is 0.253. The summed E-state index contributed by atoms with van der Waals surface area (Å²) in [5.41, 5.74) is 0. The number of likely N-dealkylation sites (tertiary alicyclic amines) is 1. The molecule has 2 rings (SSSR count). The molecule has 0 radical (unpaired) electrons. The number of nitrogens with zero attached hydrogens (tertiary/aromatic N) is 1. The molecule has 0 saturated carbocycles. The molecular formula is C18H34N2O. The Morgan fingerprint density at radius 2 is 1.76 bits per heavy atom. The Morgan fingerprint density at radius 3 is 2.52 bits per heavy atom. The second-order valence-electron chi connectivity index (χ2n) is 6.86. The first-order valence-electron chi connectivity index (χ1n) is 9.32. The number of carbonyl (C=O) groups is 1. The molecule has 2 aliphatic heterocycles. The molecule has 0 aromatic rings. The van der Waals surface area contributed by atoms with Gasteiger partial charge in [0.2, 0.25) is 0 Å². The van der Waals surface area contributed by atoms with Crippen LogP contribution in [0.15, 0.2) is 0 Å². The Morgan fingerprint density at radius 1 is 1.05 bits per heavy atom. The molecular weight excluding hydrogens is 260 g/mol. The summed E-state index contributed by atoms with van der Waals surface area (Å²) in [6.45, 7) is 5.65. The molecule has 0 aliphatic carbocycles. The second kappa shape index (κ2) is 9.58. The number of piperidine rings is 1. The summed E-state index contributed by atoms with van der Waals surface area (Å²) in [5.74, 6) is 0.529. The third-order valence-electron chi connectivity index (χ3n) is 5.22. The molecule has 1 unspecified atom stereocenters. The number of carbonyl (C=O) groups excluding carboxylic acids is 1. The van der Waals surface area contributed by atoms with E-state index in [0.29, 0.717) is 11.8 Å². The number of Topliss-reactive ketones (excluding diaryl/α,β-unsaturated/α-hetero) is 1. The number of rotatable bonds is 9. The third-order valence-corrected chi connectivity index (χ3v) is 5.22. The Kier molecular flexibility index (Phi) is 7.73. The maximum atomic E-state index is 12.5. The highest BCUT2D eigenvalue weighted by Gasteiger charge is 2.34. The van der Waals surface area contributed by atoms with Crippen LogP contribution in [0.25, 0.3) is 0 Å². The van der Waals surface area contributed by atoms with Gasteiger partial charge in [0.05, 0.1) is 6.04 Å². The maximum absolute atomic E-state index is 12.5. The third kappa shape index (κ3) is 5.37. The molecule has 2 heterocycles. The fourth-order valence-electron chi connectivity index (χ4n) is 3.96. The van der Waals surface area contributed by atoms with E-state index in [1.54, 1.807) is 0 Å². The van der Waals surface area contributed by atoms with Crippen LogP contribution in [0.2, 0.25) is 0 Å². The van der Waals surface area contributed by atoms with E-state index in [2.05, 4.69) is 17.1 Å². The molecule has 3 heteroatoms. The topological polar surface area (TPSA) is 32.3 Å². The summed E-state index contributed by atoms with van der Waals surface area (Å²) in [4.78, 5) is 15.1. The first kappa shape index (κ1) is 17.0. The SMILES string of the molecule is CCCCCCCCC(=O)C1CCCN1C1CCNCC1. The van der Waals surface area contributed by atoms with Crippen molar-refractivity contribution in [3.8, 4) is 0 Å². The van der Waals surface area contributed by atoms with Crippen LogP contribution in [0.4, 0.5) is 0 Å². The molecule has 21 heavy (non-hydrogen) atoms. The van der Waals surface area contributed by atoms with Crippen molar-refractivity contribution in [1.82, 2.24) is 10.2 Å². The van der Waals surface area contributed by atoms with Gasteiger partial charge in [-0.2, -0.15) is 0 Å². The molecule has 1 N–H and O–H groups in total. The molecule has 3 nitrogen and oxygen atoms in total. The van der Waals surface area contributed by atoms with Crippen molar-refractivity contribution in [2.75, 3.05) is 19.6 Å². The Bertz CT molecular complexity index is 300. The monoisotopic (exact) mass is 294 g/mol. The Labute approximate surface area is 130 Å². The summed E-state index contributed by atoms with van der Waals surface area (Å²) in [7, 11) is 0. The first-order chi connectivity index (χ1) is 10.3. The van der Waals surface area contributed by atoms with Crippen LogP contribution >= 0.6 is 0 Å². The smallest absolute Gasteiger partial charge is 0.149 e. The van der Waals surface area contributed by atoms with Gasteiger partial charge in [-0.3, -0.25) is 9.69 Å². The largest absolute Gasteiger partial charge is 0.317 e. The fraction of sp³-hybridized carbons (Fsp3) is 0.944. The van der Waals surface area contributed by atoms with Crippen LogP contribution in [-0.4, -0.2) is 42.4 Å². The quantitative estimate of drug-likeness (QED) is 0.660. The van der Waals surface area contributed by atoms with E-state index in [1.165, 1.54) is 51.4 Å². The van der Waals surface area contributed by atoms with Crippen LogP contribution in [0, 0.1) is 0 Å². The van der Waals surface area contributed by atoms with E-state index in [4.69, 9.17) is 0 Å². The van der Waals surface area contributed by atoms with Gasteiger partial charge in [0.25, 0.3) is 0 Å². The molecule has 2 fully saturated rings. The lowest BCUT2D eigenvalue weighted by atomic mass is 9.99. The highest BCUT2D eigenvalue weighted by molar-refractivity contribution is 5.84. The molecule has 122 valence electrons. The zero-order valence-electron chi connectivity index (χ0n) is 13.9. The van der Waals surface area contributed by atoms with Gasteiger partial charge in [-0.05, 0) is 51.7 Å². The van der Waals surface area contributed by atoms with Crippen molar-refractivity contribution in [3.05, 3.63) is 0 Å². The van der Waals surface area contributed by atoms with E-state index in [-0.39, 0.29) is 6.04 Å². The molecule has 0 spiro atoms. The minimum Gasteiger partial charge on any atom is -0.317 e. The second-order valence-corrected chi connectivity index (χ2v) is 6.86. The van der Waals surface area contributed by atoms with Crippen molar-refractivity contribution >= 4 is 5.78 Å². The van der Waals surface area contributed by atoms with Gasteiger partial charge in [0, 0.05) is 12.5 Å². The number of unbranched alkanes of at least 4 members (excludes halogenated alkanes) is 5. The standard InChI is InChI=1S/C18H34N2O/c1-2-3-4-5-6-7-10-18(21)17-9-8-15-20(17)16-11-13-19-14-12-16/h16-17,19H,2-15H2,1H3. The van der Waals surface area contributed by atoms with Gasteiger partial charge in [-0.25, -0.2) is 0 Å². The van der Waals surface area contributed by atoms with E-state index in [0.717, 1.165) is 38.9 Å². The predicted octanol–water partition coefficient (Wildman–Crippen LogP) is 3.52. The summed E-state index contributed by atoms with van der Waals surface area (Å²) in [6, 6.07) is 0.913. The highest BCUT2D eigenvalue weighted by atomic mass is 16.1. The Balaban J connectivity index is 1.68. The zero-order valence-corrected chi connectivity index (χ0v) is 13.9. The number of hydrogen-bond donors (Lipinski definition) is 1. The van der Waals surface area contributed by atoms with Gasteiger partial charge in [0.15, 0.2) is 0 Å². The molecule has 2 saturated heterocycles. The summed E-state index contributed by atoms with van der Waals surface area (Å²) < 4.78 is 0. The van der Waals surface area contributed by atoms with Gasteiger partial charge in [-0.15, -0.1) is 0 Å². The zero-order chi connectivity index (χ0) is 14.9. The van der Waals surface area contributed by atoms with Crippen LogP contribution in [0.5, 0.6) is 0 Å².